The highest BCUT2D eigenvalue weighted by atomic mass is 35.5. The van der Waals surface area contributed by atoms with E-state index in [2.05, 4.69) is 22.4 Å². The van der Waals surface area contributed by atoms with Crippen molar-refractivity contribution in [1.82, 2.24) is 4.98 Å². The predicted molar refractivity (Wildman–Crippen MR) is 136 cm³/mol. The van der Waals surface area contributed by atoms with Crippen molar-refractivity contribution in [3.63, 3.8) is 0 Å². The minimum Gasteiger partial charge on any atom is -0.506 e. The maximum Gasteiger partial charge on any atom is 0.226 e. The van der Waals surface area contributed by atoms with Gasteiger partial charge in [0.05, 0.1) is 10.7 Å². The van der Waals surface area contributed by atoms with Gasteiger partial charge < -0.3 is 15.3 Å². The summed E-state index contributed by atoms with van der Waals surface area (Å²) in [5.41, 5.74) is 3.66. The molecule has 3 aliphatic rings. The van der Waals surface area contributed by atoms with Gasteiger partial charge in [0, 0.05) is 22.9 Å². The van der Waals surface area contributed by atoms with Crippen molar-refractivity contribution in [2.24, 2.45) is 28.3 Å². The molecule has 3 aliphatic carbocycles. The van der Waals surface area contributed by atoms with Gasteiger partial charge in [-0.2, -0.15) is 0 Å². The first-order valence-corrected chi connectivity index (χ1v) is 13.3. The highest BCUT2D eigenvalue weighted by Gasteiger charge is 2.57. The second-order valence-corrected chi connectivity index (χ2v) is 12.0. The second kappa shape index (κ2) is 9.15. The van der Waals surface area contributed by atoms with E-state index in [0.717, 1.165) is 49.1 Å². The molecule has 0 spiro atoms. The van der Waals surface area contributed by atoms with Crippen molar-refractivity contribution in [1.29, 1.82) is 0 Å². The summed E-state index contributed by atoms with van der Waals surface area (Å²) in [6.07, 6.45) is 8.11. The number of nitrogens with zero attached hydrogens (tertiary/aromatic N) is 2. The fourth-order valence-corrected chi connectivity index (χ4v) is 7.94. The Labute approximate surface area is 209 Å². The zero-order chi connectivity index (χ0) is 24.0. The molecule has 2 aromatic rings. The maximum atomic E-state index is 12.7. The Morgan fingerprint density at radius 1 is 1.41 bits per heavy atom. The fourth-order valence-electron chi connectivity index (χ4n) is 7.09. The molecule has 0 radical (unpaired) electrons. The molecule has 1 aromatic heterocycles. The lowest BCUT2D eigenvalue weighted by Gasteiger charge is -2.50. The summed E-state index contributed by atoms with van der Waals surface area (Å²) in [5.74, 6) is 1.95. The Balaban J connectivity index is 1.39. The number of hydrogen-bond acceptors (Lipinski definition) is 6. The van der Waals surface area contributed by atoms with Crippen molar-refractivity contribution >= 4 is 39.7 Å². The quantitative estimate of drug-likeness (QED) is 0.470. The molecule has 8 heteroatoms. The van der Waals surface area contributed by atoms with Crippen LogP contribution in [0.5, 0.6) is 5.75 Å². The minimum atomic E-state index is -0.0110. The van der Waals surface area contributed by atoms with E-state index in [9.17, 15) is 9.90 Å². The van der Waals surface area contributed by atoms with Gasteiger partial charge in [-0.25, -0.2) is 4.98 Å². The summed E-state index contributed by atoms with van der Waals surface area (Å²) in [6.45, 7) is 4.34. The first-order chi connectivity index (χ1) is 16.3. The molecule has 1 aromatic carbocycles. The van der Waals surface area contributed by atoms with E-state index < -0.39 is 0 Å². The van der Waals surface area contributed by atoms with Gasteiger partial charge in [-0.1, -0.05) is 23.7 Å². The molecule has 0 saturated heterocycles. The van der Waals surface area contributed by atoms with Gasteiger partial charge in [-0.3, -0.25) is 4.79 Å². The number of oxime groups is 1. The number of phenols is 1. The van der Waals surface area contributed by atoms with Crippen molar-refractivity contribution in [2.75, 3.05) is 12.4 Å². The van der Waals surface area contributed by atoms with Crippen molar-refractivity contribution < 1.29 is 14.7 Å². The number of fused-ring (bicyclic) bond motifs is 5. The molecule has 1 heterocycles. The Morgan fingerprint density at radius 3 is 2.97 bits per heavy atom. The number of aromatic nitrogens is 1. The average Bonchev–Trinajstić information content (AvgIpc) is 3.33. The minimum absolute atomic E-state index is 0.0110. The lowest BCUT2D eigenvalue weighted by molar-refractivity contribution is -0.116. The van der Waals surface area contributed by atoms with Crippen molar-refractivity contribution in [3.8, 4) is 5.75 Å². The van der Waals surface area contributed by atoms with Crippen LogP contribution in [0.3, 0.4) is 0 Å². The van der Waals surface area contributed by atoms with Crippen LogP contribution in [0.15, 0.2) is 23.5 Å². The molecule has 0 bridgehead atoms. The van der Waals surface area contributed by atoms with E-state index in [1.807, 2.05) is 19.1 Å². The molecular weight excluding hydrogens is 470 g/mol. The first-order valence-electron chi connectivity index (χ1n) is 12.1. The molecule has 2 fully saturated rings. The highest BCUT2D eigenvalue weighted by Crippen LogP contribution is 2.62. The molecule has 5 atom stereocenters. The summed E-state index contributed by atoms with van der Waals surface area (Å²) < 4.78 is 0. The summed E-state index contributed by atoms with van der Waals surface area (Å²) >= 11 is 7.83. The highest BCUT2D eigenvalue weighted by molar-refractivity contribution is 7.15. The van der Waals surface area contributed by atoms with Crippen LogP contribution in [0.2, 0.25) is 5.02 Å². The molecule has 6 nitrogen and oxygen atoms in total. The average molecular weight is 502 g/mol. The Morgan fingerprint density at radius 2 is 2.24 bits per heavy atom. The zero-order valence-electron chi connectivity index (χ0n) is 19.9. The van der Waals surface area contributed by atoms with E-state index >= 15 is 0 Å². The smallest absolute Gasteiger partial charge is 0.226 e. The molecule has 182 valence electrons. The van der Waals surface area contributed by atoms with Crippen molar-refractivity contribution in [3.05, 3.63) is 39.4 Å². The summed E-state index contributed by atoms with van der Waals surface area (Å²) in [4.78, 5) is 23.3. The topological polar surface area (TPSA) is 83.8 Å². The van der Waals surface area contributed by atoms with Crippen LogP contribution in [-0.2, 0) is 16.1 Å². The number of rotatable bonds is 5. The van der Waals surface area contributed by atoms with E-state index in [4.69, 9.17) is 16.4 Å². The molecule has 5 rings (SSSR count). The summed E-state index contributed by atoms with van der Waals surface area (Å²) in [6, 6.07) is 3.85. The third-order valence-corrected chi connectivity index (χ3v) is 9.61. The number of nitrogens with one attached hydrogen (secondary N) is 1. The number of phenolic OH excluding ortho intramolecular Hbond substituents is 1. The van der Waals surface area contributed by atoms with E-state index in [0.29, 0.717) is 40.2 Å². The number of halogens is 1. The van der Waals surface area contributed by atoms with Gasteiger partial charge in [0.15, 0.2) is 5.13 Å². The number of aryl methyl sites for hydroxylation is 2. The third kappa shape index (κ3) is 4.11. The first kappa shape index (κ1) is 23.6. The molecular formula is C26H32ClN3O3S. The number of carbonyl (C=O) groups is 1. The summed E-state index contributed by atoms with van der Waals surface area (Å²) in [7, 11) is 1.62. The third-order valence-electron chi connectivity index (χ3n) is 8.48. The van der Waals surface area contributed by atoms with E-state index in [-0.39, 0.29) is 17.1 Å². The van der Waals surface area contributed by atoms with E-state index in [1.54, 1.807) is 13.3 Å². The number of aromatic hydroxyl groups is 1. The zero-order valence-corrected chi connectivity index (χ0v) is 21.5. The van der Waals surface area contributed by atoms with Crippen LogP contribution in [0.1, 0.15) is 67.4 Å². The van der Waals surface area contributed by atoms with Crippen LogP contribution in [0.25, 0.3) is 0 Å². The van der Waals surface area contributed by atoms with Crippen LogP contribution in [-0.4, -0.2) is 28.8 Å². The molecule has 2 saturated carbocycles. The van der Waals surface area contributed by atoms with Crippen LogP contribution >= 0.6 is 22.9 Å². The van der Waals surface area contributed by atoms with Crippen molar-refractivity contribution in [2.45, 2.75) is 64.7 Å². The Hall–Kier alpha value is -2.12. The number of carbonyl (C=O) groups excluding carboxylic acids is 1. The number of hydrogen-bond donors (Lipinski definition) is 2. The Bertz CT molecular complexity index is 1130. The number of benzene rings is 1. The SMILES string of the molecule is CON=C1C[C@@H](CCC(=O)Nc2ncc(C)s2)C2C3CCc4cc(O)c(Cl)cc4C3CC[C@]12C. The van der Waals surface area contributed by atoms with Crippen LogP contribution in [0.4, 0.5) is 5.13 Å². The molecule has 34 heavy (non-hydrogen) atoms. The van der Waals surface area contributed by atoms with Gasteiger partial charge >= 0.3 is 0 Å². The van der Waals surface area contributed by atoms with Gasteiger partial charge in [0.25, 0.3) is 0 Å². The summed E-state index contributed by atoms with van der Waals surface area (Å²) in [5, 5.41) is 18.7. The largest absolute Gasteiger partial charge is 0.506 e. The normalized spacial score (nSPS) is 31.0. The lowest BCUT2D eigenvalue weighted by Crippen LogP contribution is -2.44. The standard InChI is InChI=1S/C26H32ClN3O3S/c1-14-13-28-25(34-14)29-23(32)7-5-16-11-22(30-33-3)26(2)9-8-17-18(24(16)26)6-4-15-10-21(31)20(27)12-19(15)17/h10,12-13,16-18,24,31H,4-9,11H2,1-3H3,(H,28,29,32)/t16-,17?,18?,24?,26-/m1/s1. The number of anilines is 1. The molecule has 3 unspecified atom stereocenters. The van der Waals surface area contributed by atoms with Crippen LogP contribution < -0.4 is 5.32 Å². The monoisotopic (exact) mass is 501 g/mol. The maximum absolute atomic E-state index is 12.7. The lowest BCUT2D eigenvalue weighted by atomic mass is 9.54. The van der Waals surface area contributed by atoms with E-state index in [1.165, 1.54) is 22.5 Å². The predicted octanol–water partition coefficient (Wildman–Crippen LogP) is 6.31. The number of amides is 1. The van der Waals surface area contributed by atoms with Gasteiger partial charge in [0.1, 0.15) is 12.9 Å². The van der Waals surface area contributed by atoms with Gasteiger partial charge in [0.2, 0.25) is 5.91 Å². The van der Waals surface area contributed by atoms with Crippen LogP contribution in [0, 0.1) is 30.1 Å². The van der Waals surface area contributed by atoms with Gasteiger partial charge in [-0.15, -0.1) is 11.3 Å². The fraction of sp³-hybridized carbons (Fsp3) is 0.577. The van der Waals surface area contributed by atoms with Gasteiger partial charge in [-0.05, 0) is 92.4 Å². The molecule has 1 amide bonds. The number of thiazole rings is 1. The molecule has 0 aliphatic heterocycles. The molecule has 2 N–H and O–H groups in total. The second-order valence-electron chi connectivity index (χ2n) is 10.3. The Kier molecular flexibility index (Phi) is 6.36.